The van der Waals surface area contributed by atoms with E-state index in [2.05, 4.69) is 42.0 Å². The van der Waals surface area contributed by atoms with Gasteiger partial charge < -0.3 is 10.2 Å². The van der Waals surface area contributed by atoms with E-state index in [0.29, 0.717) is 5.69 Å². The first-order valence-corrected chi connectivity index (χ1v) is 15.8. The number of sulfonamides is 1. The van der Waals surface area contributed by atoms with Gasteiger partial charge in [0, 0.05) is 17.1 Å². The zero-order valence-corrected chi connectivity index (χ0v) is 25.4. The van der Waals surface area contributed by atoms with Crippen LogP contribution in [0.1, 0.15) is 70.9 Å². The molecule has 1 N–H and O–H groups in total. The van der Waals surface area contributed by atoms with Gasteiger partial charge in [0.05, 0.1) is 11.9 Å². The zero-order valence-electron chi connectivity index (χ0n) is 23.0. The van der Waals surface area contributed by atoms with Crippen molar-refractivity contribution in [3.63, 3.8) is 0 Å². The number of carbonyl (C=O) groups excluding carboxylic acids is 2. The number of nitrogens with zero attached hydrogens (tertiary/aromatic N) is 2. The minimum Gasteiger partial charge on any atom is -0.352 e. The molecular weight excluding hydrogens is 566 g/mol. The molecule has 2 aromatic rings. The van der Waals surface area contributed by atoms with Gasteiger partial charge in [-0.15, -0.1) is 0 Å². The van der Waals surface area contributed by atoms with Gasteiger partial charge in [0.1, 0.15) is 12.6 Å². The molecule has 1 saturated carbocycles. The van der Waals surface area contributed by atoms with E-state index in [1.54, 1.807) is 19.1 Å². The molecule has 0 bridgehead atoms. The topological polar surface area (TPSA) is 86.8 Å². The molecule has 1 fully saturated rings. The summed E-state index contributed by atoms with van der Waals surface area (Å²) in [5.74, 6) is -0.665. The highest BCUT2D eigenvalue weighted by Gasteiger charge is 2.31. The highest BCUT2D eigenvalue weighted by atomic mass is 79.9. The van der Waals surface area contributed by atoms with E-state index in [9.17, 15) is 18.0 Å². The van der Waals surface area contributed by atoms with Gasteiger partial charge in [-0.25, -0.2) is 8.42 Å². The van der Waals surface area contributed by atoms with E-state index in [0.717, 1.165) is 51.8 Å². The van der Waals surface area contributed by atoms with Gasteiger partial charge in [-0.1, -0.05) is 80.2 Å². The second-order valence-corrected chi connectivity index (χ2v) is 14.1. The van der Waals surface area contributed by atoms with Crippen molar-refractivity contribution >= 4 is 43.5 Å². The van der Waals surface area contributed by atoms with Crippen LogP contribution in [0.25, 0.3) is 0 Å². The predicted octanol–water partition coefficient (Wildman–Crippen LogP) is 5.38. The van der Waals surface area contributed by atoms with Crippen molar-refractivity contribution in [3.8, 4) is 0 Å². The fourth-order valence-electron chi connectivity index (χ4n) is 4.72. The summed E-state index contributed by atoms with van der Waals surface area (Å²) in [5.41, 5.74) is 2.22. The molecular formula is C29H40BrN3O4S. The Bertz CT molecular complexity index is 1220. The number of hydrogen-bond acceptors (Lipinski definition) is 4. The molecule has 7 nitrogen and oxygen atoms in total. The van der Waals surface area contributed by atoms with Crippen LogP contribution in [0.5, 0.6) is 0 Å². The number of rotatable bonds is 9. The van der Waals surface area contributed by atoms with Crippen LogP contribution in [0, 0.1) is 0 Å². The normalized spacial score (nSPS) is 15.5. The maximum atomic E-state index is 13.8. The number of halogens is 1. The van der Waals surface area contributed by atoms with E-state index in [-0.39, 0.29) is 23.9 Å². The Kier molecular flexibility index (Phi) is 10.0. The first-order valence-electron chi connectivity index (χ1n) is 13.2. The third-order valence-electron chi connectivity index (χ3n) is 7.06. The van der Waals surface area contributed by atoms with Crippen LogP contribution >= 0.6 is 15.9 Å². The van der Waals surface area contributed by atoms with Gasteiger partial charge in [0.25, 0.3) is 0 Å². The Labute approximate surface area is 236 Å². The zero-order chi connectivity index (χ0) is 28.1. The molecule has 0 heterocycles. The van der Waals surface area contributed by atoms with Crippen LogP contribution in [0.4, 0.5) is 5.69 Å². The van der Waals surface area contributed by atoms with Crippen molar-refractivity contribution in [2.45, 2.75) is 83.8 Å². The number of benzene rings is 2. The molecule has 2 amide bonds. The SMILES string of the molecule is C[C@H](C(=O)NC1CCCCC1)N(Cc1cccc(Br)c1)C(=O)CN(c1ccc(C(C)(C)C)cc1)S(C)(=O)=O. The molecule has 0 radical (unpaired) electrons. The van der Waals surface area contributed by atoms with Gasteiger partial charge in [-0.2, -0.15) is 0 Å². The lowest BCUT2D eigenvalue weighted by Crippen LogP contribution is -2.52. The molecule has 1 aliphatic rings. The van der Waals surface area contributed by atoms with E-state index < -0.39 is 28.5 Å². The van der Waals surface area contributed by atoms with Crippen LogP contribution in [0.15, 0.2) is 53.0 Å². The second-order valence-electron chi connectivity index (χ2n) is 11.2. The molecule has 9 heteroatoms. The lowest BCUT2D eigenvalue weighted by molar-refractivity contribution is -0.139. The molecule has 38 heavy (non-hydrogen) atoms. The summed E-state index contributed by atoms with van der Waals surface area (Å²) in [7, 11) is -3.77. The van der Waals surface area contributed by atoms with Crippen LogP contribution in [-0.4, -0.2) is 50.0 Å². The average Bonchev–Trinajstić information content (AvgIpc) is 2.85. The molecule has 0 aliphatic heterocycles. The maximum absolute atomic E-state index is 13.8. The van der Waals surface area contributed by atoms with Crippen molar-refractivity contribution < 1.29 is 18.0 Å². The average molecular weight is 607 g/mol. The Morgan fingerprint density at radius 3 is 2.24 bits per heavy atom. The number of carbonyl (C=O) groups is 2. The van der Waals surface area contributed by atoms with E-state index in [1.165, 1.54) is 11.3 Å². The predicted molar refractivity (Wildman–Crippen MR) is 157 cm³/mol. The molecule has 0 unspecified atom stereocenters. The third-order valence-corrected chi connectivity index (χ3v) is 8.70. The molecule has 208 valence electrons. The fraction of sp³-hybridized carbons (Fsp3) is 0.517. The standard InChI is InChI=1S/C29H40BrN3O4S/c1-21(28(35)31-25-12-7-6-8-13-25)32(19-22-10-9-11-24(30)18-22)27(34)20-33(38(5,36)37)26-16-14-23(15-17-26)29(2,3)4/h9-11,14-18,21,25H,6-8,12-13,19-20H2,1-5H3,(H,31,35)/t21-/m1/s1. The number of anilines is 1. The first kappa shape index (κ1) is 30.2. The molecule has 3 rings (SSSR count). The summed E-state index contributed by atoms with van der Waals surface area (Å²) >= 11 is 3.47. The largest absolute Gasteiger partial charge is 0.352 e. The van der Waals surface area contributed by atoms with Gasteiger partial charge >= 0.3 is 0 Å². The van der Waals surface area contributed by atoms with Crippen LogP contribution in [0.2, 0.25) is 0 Å². The number of amides is 2. The quantitative estimate of drug-likeness (QED) is 0.416. The first-order chi connectivity index (χ1) is 17.8. The van der Waals surface area contributed by atoms with Gasteiger partial charge in [0.2, 0.25) is 21.8 Å². The molecule has 1 atom stereocenters. The van der Waals surface area contributed by atoms with Crippen LogP contribution in [-0.2, 0) is 31.6 Å². The lowest BCUT2D eigenvalue weighted by Gasteiger charge is -2.33. The Morgan fingerprint density at radius 2 is 1.68 bits per heavy atom. The molecule has 2 aromatic carbocycles. The molecule has 0 aromatic heterocycles. The maximum Gasteiger partial charge on any atom is 0.244 e. The third kappa shape index (κ3) is 8.30. The van der Waals surface area contributed by atoms with Crippen molar-refractivity contribution in [1.29, 1.82) is 0 Å². The summed E-state index contributed by atoms with van der Waals surface area (Å²) in [6.07, 6.45) is 6.30. The number of nitrogens with one attached hydrogen (secondary N) is 1. The van der Waals surface area contributed by atoms with Crippen LogP contribution < -0.4 is 9.62 Å². The molecule has 1 aliphatic carbocycles. The Balaban J connectivity index is 1.88. The van der Waals surface area contributed by atoms with E-state index >= 15 is 0 Å². The van der Waals surface area contributed by atoms with Crippen molar-refractivity contribution in [2.75, 3.05) is 17.1 Å². The summed E-state index contributed by atoms with van der Waals surface area (Å²) in [6.45, 7) is 7.73. The van der Waals surface area contributed by atoms with Crippen molar-refractivity contribution in [1.82, 2.24) is 10.2 Å². The van der Waals surface area contributed by atoms with Gasteiger partial charge in [0.15, 0.2) is 0 Å². The molecule has 0 spiro atoms. The minimum absolute atomic E-state index is 0.0911. The Hall–Kier alpha value is -2.39. The van der Waals surface area contributed by atoms with E-state index in [1.807, 2.05) is 36.4 Å². The summed E-state index contributed by atoms with van der Waals surface area (Å²) in [4.78, 5) is 28.5. The highest BCUT2D eigenvalue weighted by molar-refractivity contribution is 9.10. The number of hydrogen-bond donors (Lipinski definition) is 1. The fourth-order valence-corrected chi connectivity index (χ4v) is 6.02. The summed E-state index contributed by atoms with van der Waals surface area (Å²) in [6, 6.07) is 14.1. The monoisotopic (exact) mass is 605 g/mol. The summed E-state index contributed by atoms with van der Waals surface area (Å²) < 4.78 is 27.6. The Morgan fingerprint density at radius 1 is 1.05 bits per heavy atom. The second kappa shape index (κ2) is 12.6. The summed E-state index contributed by atoms with van der Waals surface area (Å²) in [5, 5.41) is 3.11. The smallest absolute Gasteiger partial charge is 0.244 e. The van der Waals surface area contributed by atoms with E-state index in [4.69, 9.17) is 0 Å². The highest BCUT2D eigenvalue weighted by Crippen LogP contribution is 2.26. The molecule has 0 saturated heterocycles. The minimum atomic E-state index is -3.77. The van der Waals surface area contributed by atoms with Crippen molar-refractivity contribution in [3.05, 3.63) is 64.1 Å². The lowest BCUT2D eigenvalue weighted by atomic mass is 9.87. The van der Waals surface area contributed by atoms with Crippen LogP contribution in [0.3, 0.4) is 0 Å². The van der Waals surface area contributed by atoms with Gasteiger partial charge in [-0.05, 0) is 60.6 Å². The van der Waals surface area contributed by atoms with Gasteiger partial charge in [-0.3, -0.25) is 13.9 Å². The van der Waals surface area contributed by atoms with Crippen molar-refractivity contribution in [2.24, 2.45) is 0 Å².